The van der Waals surface area contributed by atoms with E-state index in [1.165, 1.54) is 13.0 Å². The number of hydrogen-bond acceptors (Lipinski definition) is 5. The number of aliphatic carboxylic acids is 1. The number of ether oxygens (including phenoxy) is 1. The predicted octanol–water partition coefficient (Wildman–Crippen LogP) is 0.365. The van der Waals surface area contributed by atoms with Crippen LogP contribution in [-0.2, 0) is 19.1 Å². The molecule has 2 rings (SSSR count). The smallest absolute Gasteiger partial charge is 0.370 e. The van der Waals surface area contributed by atoms with Crippen molar-refractivity contribution >= 4 is 17.8 Å². The largest absolute Gasteiger partial charge is 0.475 e. The van der Waals surface area contributed by atoms with E-state index in [1.807, 2.05) is 13.8 Å². The molecule has 0 aromatic heterocycles. The highest BCUT2D eigenvalue weighted by atomic mass is 16.5. The molecule has 0 bridgehead atoms. The van der Waals surface area contributed by atoms with Crippen molar-refractivity contribution in [1.82, 2.24) is 10.2 Å². The molecule has 25 heavy (non-hydrogen) atoms. The van der Waals surface area contributed by atoms with Crippen LogP contribution in [0.15, 0.2) is 11.8 Å². The Balaban J connectivity index is 2.33. The molecule has 2 aliphatic rings. The molecule has 0 aromatic carbocycles. The van der Waals surface area contributed by atoms with Gasteiger partial charge in [-0.15, -0.1) is 0 Å². The lowest BCUT2D eigenvalue weighted by Gasteiger charge is -2.39. The summed E-state index contributed by atoms with van der Waals surface area (Å²) in [5.41, 5.74) is 6.01. The molecule has 5 atom stereocenters. The molecular weight excluding hydrogens is 326 g/mol. The van der Waals surface area contributed by atoms with Gasteiger partial charge in [-0.05, 0) is 31.8 Å². The second-order valence-corrected chi connectivity index (χ2v) is 6.63. The third-order valence-corrected chi connectivity index (χ3v) is 4.98. The van der Waals surface area contributed by atoms with E-state index in [2.05, 4.69) is 5.32 Å². The molecule has 8 heteroatoms. The molecule has 140 valence electrons. The number of carboxylic acid groups (broad SMARTS) is 1. The molecule has 2 unspecified atom stereocenters. The predicted molar refractivity (Wildman–Crippen MR) is 90.4 cm³/mol. The lowest BCUT2D eigenvalue weighted by molar-refractivity contribution is -0.151. The van der Waals surface area contributed by atoms with Crippen LogP contribution < -0.4 is 11.1 Å². The average molecular weight is 353 g/mol. The second-order valence-electron chi connectivity index (χ2n) is 6.63. The SMILES string of the molecule is CCC1CCC(CC)N1C(=O)[C@@H]1OC(C(=O)O)=C[C@H](N)[C@H]1NC(C)=O. The van der Waals surface area contributed by atoms with Gasteiger partial charge in [0.15, 0.2) is 6.10 Å². The number of nitrogens with zero attached hydrogens (tertiary/aromatic N) is 1. The van der Waals surface area contributed by atoms with Crippen LogP contribution in [0.5, 0.6) is 0 Å². The van der Waals surface area contributed by atoms with Gasteiger partial charge in [-0.2, -0.15) is 0 Å². The van der Waals surface area contributed by atoms with Crippen molar-refractivity contribution in [2.45, 2.75) is 76.7 Å². The third-order valence-electron chi connectivity index (χ3n) is 4.98. The lowest BCUT2D eigenvalue weighted by Crippen LogP contribution is -2.62. The van der Waals surface area contributed by atoms with Crippen LogP contribution >= 0.6 is 0 Å². The van der Waals surface area contributed by atoms with Crippen molar-refractivity contribution in [3.8, 4) is 0 Å². The van der Waals surface area contributed by atoms with Gasteiger partial charge in [0.2, 0.25) is 11.7 Å². The zero-order valence-electron chi connectivity index (χ0n) is 14.9. The molecule has 8 nitrogen and oxygen atoms in total. The standard InChI is InChI=1S/C17H27N3O5/c1-4-10-6-7-11(5-2)20(10)16(22)15-14(19-9(3)21)12(18)8-13(25-15)17(23)24/h8,10-12,14-15H,4-7,18H2,1-3H3,(H,19,21)(H,23,24)/t10?,11?,12-,14+,15+/m0/s1. The van der Waals surface area contributed by atoms with Gasteiger partial charge in [0, 0.05) is 19.0 Å². The van der Waals surface area contributed by atoms with Gasteiger partial charge in [-0.3, -0.25) is 9.59 Å². The first-order valence-corrected chi connectivity index (χ1v) is 8.76. The highest BCUT2D eigenvalue weighted by Crippen LogP contribution is 2.31. The number of amides is 2. The Hall–Kier alpha value is -2.09. The van der Waals surface area contributed by atoms with E-state index >= 15 is 0 Å². The molecular formula is C17H27N3O5. The molecule has 2 amide bonds. The van der Waals surface area contributed by atoms with Crippen LogP contribution in [-0.4, -0.2) is 58.1 Å². The van der Waals surface area contributed by atoms with Gasteiger partial charge in [-0.1, -0.05) is 13.8 Å². The van der Waals surface area contributed by atoms with E-state index < -0.39 is 24.2 Å². The number of carbonyl (C=O) groups excluding carboxylic acids is 2. The number of rotatable bonds is 5. The number of carboxylic acids is 1. The minimum atomic E-state index is -1.28. The van der Waals surface area contributed by atoms with E-state index in [0.29, 0.717) is 0 Å². The Morgan fingerprint density at radius 2 is 1.84 bits per heavy atom. The summed E-state index contributed by atoms with van der Waals surface area (Å²) in [6.45, 7) is 5.36. The van der Waals surface area contributed by atoms with Crippen LogP contribution in [0.4, 0.5) is 0 Å². The third kappa shape index (κ3) is 3.95. The number of carbonyl (C=O) groups is 3. The van der Waals surface area contributed by atoms with Gasteiger partial charge in [0.05, 0.1) is 12.1 Å². The first-order chi connectivity index (χ1) is 11.8. The maximum Gasteiger partial charge on any atom is 0.370 e. The Labute approximate surface area is 147 Å². The minimum Gasteiger partial charge on any atom is -0.475 e. The van der Waals surface area contributed by atoms with Gasteiger partial charge in [-0.25, -0.2) is 4.79 Å². The number of likely N-dealkylation sites (tertiary alicyclic amines) is 1. The number of hydrogen-bond donors (Lipinski definition) is 3. The van der Waals surface area contributed by atoms with E-state index in [9.17, 15) is 19.5 Å². The summed E-state index contributed by atoms with van der Waals surface area (Å²) in [6.07, 6.45) is 3.53. The highest BCUT2D eigenvalue weighted by molar-refractivity contribution is 5.89. The summed E-state index contributed by atoms with van der Waals surface area (Å²) in [5, 5.41) is 11.9. The summed E-state index contributed by atoms with van der Waals surface area (Å²) < 4.78 is 5.47. The van der Waals surface area contributed by atoms with Crippen LogP contribution in [0.25, 0.3) is 0 Å². The summed E-state index contributed by atoms with van der Waals surface area (Å²) in [7, 11) is 0. The van der Waals surface area contributed by atoms with E-state index in [1.54, 1.807) is 4.90 Å². The molecule has 0 aromatic rings. The zero-order valence-corrected chi connectivity index (χ0v) is 14.9. The van der Waals surface area contributed by atoms with Crippen molar-refractivity contribution in [2.75, 3.05) is 0 Å². The van der Waals surface area contributed by atoms with E-state index in [0.717, 1.165) is 25.7 Å². The van der Waals surface area contributed by atoms with Crippen molar-refractivity contribution in [1.29, 1.82) is 0 Å². The summed E-state index contributed by atoms with van der Waals surface area (Å²) in [6, 6.07) is -1.44. The monoisotopic (exact) mass is 353 g/mol. The Morgan fingerprint density at radius 1 is 1.28 bits per heavy atom. The van der Waals surface area contributed by atoms with Gasteiger partial charge in [0.25, 0.3) is 5.91 Å². The van der Waals surface area contributed by atoms with Crippen LogP contribution in [0.1, 0.15) is 46.5 Å². The van der Waals surface area contributed by atoms with E-state index in [-0.39, 0.29) is 29.7 Å². The molecule has 2 aliphatic heterocycles. The van der Waals surface area contributed by atoms with Crippen molar-refractivity contribution in [2.24, 2.45) is 5.73 Å². The lowest BCUT2D eigenvalue weighted by atomic mass is 9.97. The van der Waals surface area contributed by atoms with Gasteiger partial charge in [0.1, 0.15) is 0 Å². The van der Waals surface area contributed by atoms with Crippen LogP contribution in [0.2, 0.25) is 0 Å². The normalized spacial score (nSPS) is 31.9. The Morgan fingerprint density at radius 3 is 2.28 bits per heavy atom. The maximum absolute atomic E-state index is 13.2. The van der Waals surface area contributed by atoms with Crippen LogP contribution in [0.3, 0.4) is 0 Å². The molecule has 0 spiro atoms. The molecule has 0 aliphatic carbocycles. The summed E-state index contributed by atoms with van der Waals surface area (Å²) in [4.78, 5) is 37.8. The van der Waals surface area contributed by atoms with E-state index in [4.69, 9.17) is 10.5 Å². The van der Waals surface area contributed by atoms with Crippen LogP contribution in [0, 0.1) is 0 Å². The summed E-state index contributed by atoms with van der Waals surface area (Å²) >= 11 is 0. The first kappa shape index (κ1) is 19.2. The maximum atomic E-state index is 13.2. The quantitative estimate of drug-likeness (QED) is 0.656. The molecule has 4 N–H and O–H groups in total. The fraction of sp³-hybridized carbons (Fsp3) is 0.706. The molecule has 1 saturated heterocycles. The Kier molecular flexibility index (Phi) is 6.05. The highest BCUT2D eigenvalue weighted by Gasteiger charge is 2.46. The number of nitrogens with two attached hydrogens (primary N) is 1. The van der Waals surface area contributed by atoms with Gasteiger partial charge < -0.3 is 25.8 Å². The molecule has 2 heterocycles. The fourth-order valence-corrected chi connectivity index (χ4v) is 3.73. The van der Waals surface area contributed by atoms with Gasteiger partial charge >= 0.3 is 5.97 Å². The second kappa shape index (κ2) is 7.86. The Bertz CT molecular complexity index is 565. The minimum absolute atomic E-state index is 0.0921. The van der Waals surface area contributed by atoms with Crippen molar-refractivity contribution in [3.05, 3.63) is 11.8 Å². The summed E-state index contributed by atoms with van der Waals surface area (Å²) in [5.74, 6) is -2.30. The first-order valence-electron chi connectivity index (χ1n) is 8.76. The topological polar surface area (TPSA) is 122 Å². The van der Waals surface area contributed by atoms with Crippen molar-refractivity contribution in [3.63, 3.8) is 0 Å². The fourth-order valence-electron chi connectivity index (χ4n) is 3.73. The van der Waals surface area contributed by atoms with Crippen molar-refractivity contribution < 1.29 is 24.2 Å². The molecule has 1 fully saturated rings. The molecule has 0 saturated carbocycles. The average Bonchev–Trinajstić information content (AvgIpc) is 2.98. The zero-order chi connectivity index (χ0) is 18.7. The molecule has 0 radical (unpaired) electrons. The number of nitrogens with one attached hydrogen (secondary N) is 1.